The van der Waals surface area contributed by atoms with Gasteiger partial charge in [-0.25, -0.2) is 0 Å². The van der Waals surface area contributed by atoms with Crippen LogP contribution < -0.4 is 10.9 Å². The van der Waals surface area contributed by atoms with E-state index in [9.17, 15) is 9.59 Å². The molecule has 0 radical (unpaired) electrons. The van der Waals surface area contributed by atoms with Crippen molar-refractivity contribution in [2.45, 2.75) is 0 Å². The Morgan fingerprint density at radius 2 is 1.64 bits per heavy atom. The number of benzene rings is 2. The van der Waals surface area contributed by atoms with Gasteiger partial charge in [0.25, 0.3) is 5.91 Å². The van der Waals surface area contributed by atoms with Gasteiger partial charge in [-0.1, -0.05) is 29.8 Å². The number of carbonyl (C=O) groups excluding carboxylic acids is 2. The van der Waals surface area contributed by atoms with Crippen molar-refractivity contribution >= 4 is 34.4 Å². The van der Waals surface area contributed by atoms with Crippen LogP contribution in [0.15, 0.2) is 59.0 Å². The predicted molar refractivity (Wildman–Crippen MR) is 82.6 cm³/mol. The van der Waals surface area contributed by atoms with Gasteiger partial charge in [-0.2, -0.15) is 0 Å². The zero-order valence-corrected chi connectivity index (χ0v) is 12.1. The lowest BCUT2D eigenvalue weighted by Crippen LogP contribution is -2.41. The molecule has 0 bridgehead atoms. The maximum absolute atomic E-state index is 12.0. The SMILES string of the molecule is O=C(NNC(=O)c1cc2cc(Cl)ccc2o1)c1ccccc1. The molecule has 3 aromatic rings. The fraction of sp³-hybridized carbons (Fsp3) is 0. The highest BCUT2D eigenvalue weighted by molar-refractivity contribution is 6.31. The van der Waals surface area contributed by atoms with Crippen molar-refractivity contribution in [2.75, 3.05) is 0 Å². The topological polar surface area (TPSA) is 71.3 Å². The first-order chi connectivity index (χ1) is 10.6. The molecular formula is C16H11ClN2O3. The summed E-state index contributed by atoms with van der Waals surface area (Å²) in [6.45, 7) is 0. The third-order valence-electron chi connectivity index (χ3n) is 3.03. The second-order valence-corrected chi connectivity index (χ2v) is 5.00. The fourth-order valence-electron chi connectivity index (χ4n) is 1.96. The van der Waals surface area contributed by atoms with Crippen molar-refractivity contribution in [3.05, 3.63) is 70.9 Å². The van der Waals surface area contributed by atoms with E-state index in [4.69, 9.17) is 16.0 Å². The maximum Gasteiger partial charge on any atom is 0.305 e. The molecule has 5 nitrogen and oxygen atoms in total. The lowest BCUT2D eigenvalue weighted by molar-refractivity contribution is 0.0832. The summed E-state index contributed by atoms with van der Waals surface area (Å²) in [4.78, 5) is 23.8. The first-order valence-electron chi connectivity index (χ1n) is 6.48. The first kappa shape index (κ1) is 14.2. The third-order valence-corrected chi connectivity index (χ3v) is 3.26. The van der Waals surface area contributed by atoms with E-state index in [2.05, 4.69) is 10.9 Å². The molecule has 2 aromatic carbocycles. The Labute approximate surface area is 130 Å². The van der Waals surface area contributed by atoms with Crippen LogP contribution in [0.2, 0.25) is 5.02 Å². The molecule has 2 N–H and O–H groups in total. The Balaban J connectivity index is 1.69. The molecule has 3 rings (SSSR count). The average Bonchev–Trinajstić information content (AvgIpc) is 2.96. The summed E-state index contributed by atoms with van der Waals surface area (Å²) in [5, 5.41) is 1.27. The maximum atomic E-state index is 12.0. The summed E-state index contributed by atoms with van der Waals surface area (Å²) in [6.07, 6.45) is 0. The monoisotopic (exact) mass is 314 g/mol. The second-order valence-electron chi connectivity index (χ2n) is 4.57. The number of carbonyl (C=O) groups is 2. The molecule has 0 aliphatic carbocycles. The van der Waals surface area contributed by atoms with E-state index in [0.717, 1.165) is 0 Å². The Kier molecular flexibility index (Phi) is 3.80. The van der Waals surface area contributed by atoms with Crippen LogP contribution in [-0.2, 0) is 0 Å². The smallest absolute Gasteiger partial charge is 0.305 e. The molecule has 0 saturated heterocycles. The van der Waals surface area contributed by atoms with E-state index in [0.29, 0.717) is 21.6 Å². The summed E-state index contributed by atoms with van der Waals surface area (Å²) in [7, 11) is 0. The zero-order chi connectivity index (χ0) is 15.5. The lowest BCUT2D eigenvalue weighted by Gasteiger charge is -2.05. The second kappa shape index (κ2) is 5.91. The van der Waals surface area contributed by atoms with Gasteiger partial charge in [-0.05, 0) is 36.4 Å². The zero-order valence-electron chi connectivity index (χ0n) is 11.3. The van der Waals surface area contributed by atoms with Crippen LogP contribution in [0.3, 0.4) is 0 Å². The van der Waals surface area contributed by atoms with Crippen molar-refractivity contribution in [2.24, 2.45) is 0 Å². The van der Waals surface area contributed by atoms with E-state index >= 15 is 0 Å². The van der Waals surface area contributed by atoms with Gasteiger partial charge in [0.1, 0.15) is 5.58 Å². The highest BCUT2D eigenvalue weighted by Gasteiger charge is 2.13. The van der Waals surface area contributed by atoms with Gasteiger partial charge < -0.3 is 4.42 Å². The largest absolute Gasteiger partial charge is 0.451 e. The molecule has 0 saturated carbocycles. The fourth-order valence-corrected chi connectivity index (χ4v) is 2.14. The molecule has 0 spiro atoms. The number of fused-ring (bicyclic) bond motifs is 1. The number of nitrogens with one attached hydrogen (secondary N) is 2. The van der Waals surface area contributed by atoms with Crippen LogP contribution >= 0.6 is 11.6 Å². The van der Waals surface area contributed by atoms with Crippen LogP contribution in [0.1, 0.15) is 20.9 Å². The number of furan rings is 1. The molecule has 1 aromatic heterocycles. The van der Waals surface area contributed by atoms with Gasteiger partial charge in [-0.15, -0.1) is 0 Å². The molecule has 1 heterocycles. The van der Waals surface area contributed by atoms with E-state index in [1.54, 1.807) is 54.6 Å². The van der Waals surface area contributed by atoms with Gasteiger partial charge in [0.05, 0.1) is 0 Å². The Morgan fingerprint density at radius 3 is 2.41 bits per heavy atom. The molecule has 0 atom stereocenters. The average molecular weight is 315 g/mol. The normalized spacial score (nSPS) is 10.4. The van der Waals surface area contributed by atoms with E-state index in [1.165, 1.54) is 0 Å². The van der Waals surface area contributed by atoms with Gasteiger partial charge in [0.2, 0.25) is 0 Å². The van der Waals surface area contributed by atoms with Crippen molar-refractivity contribution in [3.63, 3.8) is 0 Å². The summed E-state index contributed by atoms with van der Waals surface area (Å²) < 4.78 is 5.40. The van der Waals surface area contributed by atoms with Gasteiger partial charge in [-0.3, -0.25) is 20.4 Å². The van der Waals surface area contributed by atoms with Crippen LogP contribution in [0.5, 0.6) is 0 Å². The summed E-state index contributed by atoms with van der Waals surface area (Å²) >= 11 is 5.88. The standard InChI is InChI=1S/C16H11ClN2O3/c17-12-6-7-13-11(8-12)9-14(22-13)16(21)19-18-15(20)10-4-2-1-3-5-10/h1-9H,(H,18,20)(H,19,21). The number of hydrazine groups is 1. The first-order valence-corrected chi connectivity index (χ1v) is 6.86. The van der Waals surface area contributed by atoms with Crippen molar-refractivity contribution < 1.29 is 14.0 Å². The molecule has 110 valence electrons. The molecule has 0 unspecified atom stereocenters. The molecule has 6 heteroatoms. The lowest BCUT2D eigenvalue weighted by atomic mass is 10.2. The van der Waals surface area contributed by atoms with E-state index < -0.39 is 11.8 Å². The number of amides is 2. The van der Waals surface area contributed by atoms with E-state index in [1.807, 2.05) is 0 Å². The van der Waals surface area contributed by atoms with Gasteiger partial charge in [0, 0.05) is 16.0 Å². The minimum absolute atomic E-state index is 0.0885. The van der Waals surface area contributed by atoms with Crippen LogP contribution in [-0.4, -0.2) is 11.8 Å². The van der Waals surface area contributed by atoms with Gasteiger partial charge >= 0.3 is 5.91 Å². The quantitative estimate of drug-likeness (QED) is 0.714. The minimum atomic E-state index is -0.545. The third kappa shape index (κ3) is 2.94. The number of rotatable bonds is 2. The van der Waals surface area contributed by atoms with E-state index in [-0.39, 0.29) is 5.76 Å². The predicted octanol–water partition coefficient (Wildman–Crippen LogP) is 3.16. The van der Waals surface area contributed by atoms with Crippen LogP contribution in [0.25, 0.3) is 11.0 Å². The highest BCUT2D eigenvalue weighted by Crippen LogP contribution is 2.22. The molecule has 0 fully saturated rings. The van der Waals surface area contributed by atoms with Crippen LogP contribution in [0, 0.1) is 0 Å². The number of halogens is 1. The highest BCUT2D eigenvalue weighted by atomic mass is 35.5. The van der Waals surface area contributed by atoms with Crippen molar-refractivity contribution in [1.29, 1.82) is 0 Å². The molecule has 2 amide bonds. The molecule has 0 aliphatic rings. The minimum Gasteiger partial charge on any atom is -0.451 e. The molecular weight excluding hydrogens is 304 g/mol. The summed E-state index contributed by atoms with van der Waals surface area (Å²) in [5.74, 6) is -0.865. The summed E-state index contributed by atoms with van der Waals surface area (Å²) in [5.41, 5.74) is 5.62. The Morgan fingerprint density at radius 1 is 0.909 bits per heavy atom. The Bertz CT molecular complexity index is 843. The van der Waals surface area contributed by atoms with Crippen molar-refractivity contribution in [1.82, 2.24) is 10.9 Å². The summed E-state index contributed by atoms with van der Waals surface area (Å²) in [6, 6.07) is 15.2. The number of hydrogen-bond donors (Lipinski definition) is 2. The molecule has 22 heavy (non-hydrogen) atoms. The Hall–Kier alpha value is -2.79. The van der Waals surface area contributed by atoms with Crippen LogP contribution in [0.4, 0.5) is 0 Å². The van der Waals surface area contributed by atoms with Gasteiger partial charge in [0.15, 0.2) is 5.76 Å². The van der Waals surface area contributed by atoms with Crippen molar-refractivity contribution in [3.8, 4) is 0 Å². The number of hydrogen-bond acceptors (Lipinski definition) is 3. The molecule has 0 aliphatic heterocycles.